The first-order valence-corrected chi connectivity index (χ1v) is 8.21. The molecule has 22 heavy (non-hydrogen) atoms. The van der Waals surface area contributed by atoms with Crippen LogP contribution in [0.5, 0.6) is 11.5 Å². The van der Waals surface area contributed by atoms with Gasteiger partial charge in [-0.05, 0) is 18.6 Å². The van der Waals surface area contributed by atoms with Gasteiger partial charge in [-0.25, -0.2) is 4.98 Å². The summed E-state index contributed by atoms with van der Waals surface area (Å²) in [6.45, 7) is 2.80. The third-order valence-electron chi connectivity index (χ3n) is 2.87. The third kappa shape index (κ3) is 5.73. The van der Waals surface area contributed by atoms with Crippen LogP contribution in [0.3, 0.4) is 0 Å². The molecule has 0 aliphatic heterocycles. The van der Waals surface area contributed by atoms with Gasteiger partial charge in [-0.3, -0.25) is 10.1 Å². The predicted octanol–water partition coefficient (Wildman–Crippen LogP) is 3.73. The van der Waals surface area contributed by atoms with Gasteiger partial charge in [-0.1, -0.05) is 25.8 Å². The van der Waals surface area contributed by atoms with Crippen molar-refractivity contribution in [3.8, 4) is 11.5 Å². The van der Waals surface area contributed by atoms with E-state index in [1.165, 1.54) is 17.8 Å². The van der Waals surface area contributed by atoms with Gasteiger partial charge in [0.05, 0.1) is 6.61 Å². The van der Waals surface area contributed by atoms with Gasteiger partial charge >= 0.3 is 0 Å². The number of thiazole rings is 1. The highest BCUT2D eigenvalue weighted by Gasteiger charge is 2.06. The van der Waals surface area contributed by atoms with E-state index in [0.29, 0.717) is 17.5 Å². The minimum absolute atomic E-state index is 0.0567. The normalized spacial score (nSPS) is 10.2. The second-order valence-electron chi connectivity index (χ2n) is 4.70. The molecule has 1 amide bonds. The summed E-state index contributed by atoms with van der Waals surface area (Å²) in [5, 5.41) is 5.04. The van der Waals surface area contributed by atoms with Gasteiger partial charge in [0.1, 0.15) is 11.5 Å². The van der Waals surface area contributed by atoms with E-state index in [1.807, 2.05) is 12.1 Å². The summed E-state index contributed by atoms with van der Waals surface area (Å²) < 4.78 is 11.1. The summed E-state index contributed by atoms with van der Waals surface area (Å²) in [6, 6.07) is 7.33. The van der Waals surface area contributed by atoms with Crippen LogP contribution in [0.15, 0.2) is 35.8 Å². The summed E-state index contributed by atoms with van der Waals surface area (Å²) in [5.41, 5.74) is 0. The first-order valence-electron chi connectivity index (χ1n) is 7.33. The molecule has 2 rings (SSSR count). The smallest absolute Gasteiger partial charge is 0.264 e. The molecule has 0 bridgehead atoms. The van der Waals surface area contributed by atoms with Gasteiger partial charge < -0.3 is 9.47 Å². The Labute approximate surface area is 134 Å². The van der Waals surface area contributed by atoms with Crippen molar-refractivity contribution in [1.82, 2.24) is 4.98 Å². The summed E-state index contributed by atoms with van der Waals surface area (Å²) in [6.07, 6.45) is 5.01. The van der Waals surface area contributed by atoms with E-state index in [0.717, 1.165) is 18.6 Å². The second-order valence-corrected chi connectivity index (χ2v) is 5.60. The second kappa shape index (κ2) is 9.04. The lowest BCUT2D eigenvalue weighted by Gasteiger charge is -2.09. The van der Waals surface area contributed by atoms with Crippen LogP contribution in [0.1, 0.15) is 26.2 Å². The largest absolute Gasteiger partial charge is 0.493 e. The Bertz CT molecular complexity index is 573. The Hall–Kier alpha value is -2.08. The van der Waals surface area contributed by atoms with E-state index in [-0.39, 0.29) is 12.5 Å². The van der Waals surface area contributed by atoms with Crippen LogP contribution >= 0.6 is 11.3 Å². The zero-order valence-corrected chi connectivity index (χ0v) is 13.4. The monoisotopic (exact) mass is 320 g/mol. The van der Waals surface area contributed by atoms with Crippen LogP contribution < -0.4 is 14.8 Å². The first-order chi connectivity index (χ1) is 10.8. The van der Waals surface area contributed by atoms with Crippen LogP contribution in [0, 0.1) is 0 Å². The maximum absolute atomic E-state index is 11.7. The Balaban J connectivity index is 1.76. The first kappa shape index (κ1) is 16.3. The molecule has 0 spiro atoms. The number of hydrogen-bond donors (Lipinski definition) is 1. The summed E-state index contributed by atoms with van der Waals surface area (Å²) in [4.78, 5) is 15.7. The molecule has 6 heteroatoms. The van der Waals surface area contributed by atoms with Crippen LogP contribution in [0.4, 0.5) is 5.13 Å². The number of amides is 1. The number of ether oxygens (including phenoxy) is 2. The number of nitrogens with one attached hydrogen (secondary N) is 1. The maximum Gasteiger partial charge on any atom is 0.264 e. The van der Waals surface area contributed by atoms with Gasteiger partial charge in [0.25, 0.3) is 5.91 Å². The van der Waals surface area contributed by atoms with Crippen molar-refractivity contribution in [1.29, 1.82) is 0 Å². The van der Waals surface area contributed by atoms with Crippen molar-refractivity contribution >= 4 is 22.4 Å². The quantitative estimate of drug-likeness (QED) is 0.715. The number of aromatic nitrogens is 1. The van der Waals surface area contributed by atoms with E-state index >= 15 is 0 Å². The number of anilines is 1. The SMILES string of the molecule is CCCCCOc1cccc(OCC(=O)Nc2nccs2)c1. The molecule has 0 aliphatic carbocycles. The molecule has 1 N–H and O–H groups in total. The fourth-order valence-electron chi connectivity index (χ4n) is 1.79. The minimum atomic E-state index is -0.232. The molecule has 5 nitrogen and oxygen atoms in total. The highest BCUT2D eigenvalue weighted by Crippen LogP contribution is 2.20. The molecule has 0 radical (unpaired) electrons. The molecular weight excluding hydrogens is 300 g/mol. The number of unbranched alkanes of at least 4 members (excludes halogenated alkanes) is 2. The highest BCUT2D eigenvalue weighted by molar-refractivity contribution is 7.13. The minimum Gasteiger partial charge on any atom is -0.493 e. The molecule has 0 saturated carbocycles. The predicted molar refractivity (Wildman–Crippen MR) is 87.7 cm³/mol. The molecule has 0 saturated heterocycles. The number of rotatable bonds is 9. The number of carbonyl (C=O) groups is 1. The fourth-order valence-corrected chi connectivity index (χ4v) is 2.33. The van der Waals surface area contributed by atoms with Crippen LogP contribution in [0.2, 0.25) is 0 Å². The standard InChI is InChI=1S/C16H20N2O3S/c1-2-3-4-9-20-13-6-5-7-14(11-13)21-12-15(19)18-16-17-8-10-22-16/h5-8,10-11H,2-4,9,12H2,1H3,(H,17,18,19). The average molecular weight is 320 g/mol. The van der Waals surface area contributed by atoms with Crippen molar-refractivity contribution in [2.24, 2.45) is 0 Å². The van der Waals surface area contributed by atoms with Crippen molar-refractivity contribution in [2.75, 3.05) is 18.5 Å². The number of hydrogen-bond acceptors (Lipinski definition) is 5. The maximum atomic E-state index is 11.7. The summed E-state index contributed by atoms with van der Waals surface area (Å²) in [5.74, 6) is 1.14. The van der Waals surface area contributed by atoms with E-state index in [2.05, 4.69) is 17.2 Å². The zero-order chi connectivity index (χ0) is 15.6. The number of nitrogens with zero attached hydrogens (tertiary/aromatic N) is 1. The molecule has 1 heterocycles. The van der Waals surface area contributed by atoms with Gasteiger partial charge in [-0.2, -0.15) is 0 Å². The van der Waals surface area contributed by atoms with E-state index in [9.17, 15) is 4.79 Å². The Morgan fingerprint density at radius 1 is 1.27 bits per heavy atom. The lowest BCUT2D eigenvalue weighted by molar-refractivity contribution is -0.118. The molecule has 0 atom stereocenters. The zero-order valence-electron chi connectivity index (χ0n) is 12.6. The highest BCUT2D eigenvalue weighted by atomic mass is 32.1. The van der Waals surface area contributed by atoms with Gasteiger partial charge in [0.15, 0.2) is 11.7 Å². The van der Waals surface area contributed by atoms with Gasteiger partial charge in [0.2, 0.25) is 0 Å². The van der Waals surface area contributed by atoms with Gasteiger partial charge in [-0.15, -0.1) is 11.3 Å². The summed E-state index contributed by atoms with van der Waals surface area (Å²) >= 11 is 1.37. The lowest BCUT2D eigenvalue weighted by Crippen LogP contribution is -2.19. The van der Waals surface area contributed by atoms with E-state index < -0.39 is 0 Å². The third-order valence-corrected chi connectivity index (χ3v) is 3.56. The lowest BCUT2D eigenvalue weighted by atomic mass is 10.3. The van der Waals surface area contributed by atoms with E-state index in [4.69, 9.17) is 9.47 Å². The van der Waals surface area contributed by atoms with Crippen LogP contribution in [0.25, 0.3) is 0 Å². The average Bonchev–Trinajstić information content (AvgIpc) is 3.03. The number of carbonyl (C=O) groups excluding carboxylic acids is 1. The molecule has 0 fully saturated rings. The van der Waals surface area contributed by atoms with Crippen molar-refractivity contribution in [2.45, 2.75) is 26.2 Å². The van der Waals surface area contributed by atoms with Crippen molar-refractivity contribution < 1.29 is 14.3 Å². The molecule has 0 unspecified atom stereocenters. The molecule has 2 aromatic rings. The Morgan fingerprint density at radius 3 is 2.82 bits per heavy atom. The molecule has 0 aliphatic rings. The Morgan fingerprint density at radius 2 is 2.09 bits per heavy atom. The molecule has 1 aromatic carbocycles. The fraction of sp³-hybridized carbons (Fsp3) is 0.375. The van der Waals surface area contributed by atoms with Gasteiger partial charge in [0, 0.05) is 17.6 Å². The molecule has 118 valence electrons. The summed E-state index contributed by atoms with van der Waals surface area (Å²) in [7, 11) is 0. The number of benzene rings is 1. The van der Waals surface area contributed by atoms with Crippen LogP contribution in [-0.2, 0) is 4.79 Å². The topological polar surface area (TPSA) is 60.5 Å². The van der Waals surface area contributed by atoms with Crippen molar-refractivity contribution in [3.05, 3.63) is 35.8 Å². The van der Waals surface area contributed by atoms with Crippen LogP contribution in [-0.4, -0.2) is 24.1 Å². The van der Waals surface area contributed by atoms with Crippen molar-refractivity contribution in [3.63, 3.8) is 0 Å². The molecular formula is C16H20N2O3S. The molecule has 1 aromatic heterocycles. The van der Waals surface area contributed by atoms with E-state index in [1.54, 1.807) is 23.7 Å². The Kier molecular flexibility index (Phi) is 6.70.